The first-order valence-corrected chi connectivity index (χ1v) is 9.01. The molecule has 0 bridgehead atoms. The van der Waals surface area contributed by atoms with Gasteiger partial charge in [0.2, 0.25) is 6.41 Å². The zero-order chi connectivity index (χ0) is 21.3. The number of carbonyl (C=O) groups excluding carboxylic acids is 1. The Kier molecular flexibility index (Phi) is 5.65. The molecule has 0 unspecified atom stereocenters. The van der Waals surface area contributed by atoms with Crippen molar-refractivity contribution in [2.45, 2.75) is 23.0 Å². The van der Waals surface area contributed by atoms with Gasteiger partial charge in [0, 0.05) is 18.0 Å². The van der Waals surface area contributed by atoms with Crippen LogP contribution >= 0.6 is 11.8 Å². The van der Waals surface area contributed by atoms with E-state index < -0.39 is 34.9 Å². The molecule has 0 saturated heterocycles. The maximum absolute atomic E-state index is 14.3. The minimum absolute atomic E-state index is 0.0306. The summed E-state index contributed by atoms with van der Waals surface area (Å²) in [5.74, 6) is -2.10. The molecule has 0 radical (unpaired) electrons. The van der Waals surface area contributed by atoms with Crippen LogP contribution in [-0.2, 0) is 18.0 Å². The van der Waals surface area contributed by atoms with E-state index >= 15 is 0 Å². The highest BCUT2D eigenvalue weighted by Crippen LogP contribution is 2.45. The number of anilines is 2. The zero-order valence-electron chi connectivity index (χ0n) is 15.2. The Bertz CT molecular complexity index is 1050. The third-order valence-electron chi connectivity index (χ3n) is 3.99. The molecule has 1 amide bonds. The van der Waals surface area contributed by atoms with Gasteiger partial charge >= 0.3 is 6.18 Å². The van der Waals surface area contributed by atoms with Crippen molar-refractivity contribution < 1.29 is 26.7 Å². The maximum Gasteiger partial charge on any atom is 0.437 e. The molecule has 0 N–H and O–H groups in total. The number of aromatic nitrogens is 2. The highest BCUT2D eigenvalue weighted by atomic mass is 32.2. The van der Waals surface area contributed by atoms with Crippen molar-refractivity contribution in [2.75, 3.05) is 4.90 Å². The maximum atomic E-state index is 14.3. The van der Waals surface area contributed by atoms with Gasteiger partial charge in [-0.1, -0.05) is 29.5 Å². The highest BCUT2D eigenvalue weighted by molar-refractivity contribution is 7.99. The summed E-state index contributed by atoms with van der Waals surface area (Å²) in [6, 6.07) is 9.20. The van der Waals surface area contributed by atoms with Gasteiger partial charge in [-0.3, -0.25) is 14.4 Å². The fourth-order valence-electron chi connectivity index (χ4n) is 2.64. The topological polar surface area (TPSA) is 38.1 Å². The third-order valence-corrected chi connectivity index (χ3v) is 5.15. The number of alkyl halides is 3. The van der Waals surface area contributed by atoms with Crippen molar-refractivity contribution in [3.8, 4) is 0 Å². The van der Waals surface area contributed by atoms with E-state index in [2.05, 4.69) is 5.10 Å². The number of amides is 1. The molecular formula is C19H14F5N3OS. The fourth-order valence-corrected chi connectivity index (χ4v) is 3.60. The molecule has 152 valence electrons. The van der Waals surface area contributed by atoms with Crippen molar-refractivity contribution in [3.05, 3.63) is 65.4 Å². The largest absolute Gasteiger partial charge is 0.437 e. The smallest absolute Gasteiger partial charge is 0.278 e. The van der Waals surface area contributed by atoms with Crippen molar-refractivity contribution in [1.29, 1.82) is 0 Å². The summed E-state index contributed by atoms with van der Waals surface area (Å²) in [5.41, 5.74) is -1.55. The number of aryl methyl sites for hydroxylation is 2. The molecule has 0 aliphatic carbocycles. The summed E-state index contributed by atoms with van der Waals surface area (Å²) in [4.78, 5) is 12.8. The lowest BCUT2D eigenvalue weighted by Crippen LogP contribution is -2.20. The van der Waals surface area contributed by atoms with Crippen LogP contribution in [0.25, 0.3) is 0 Å². The first-order valence-electron chi connectivity index (χ1n) is 8.20. The number of benzene rings is 2. The molecule has 0 saturated carbocycles. The van der Waals surface area contributed by atoms with Crippen LogP contribution in [-0.4, -0.2) is 16.2 Å². The predicted octanol–water partition coefficient (Wildman–Crippen LogP) is 5.47. The van der Waals surface area contributed by atoms with Crippen LogP contribution in [0.2, 0.25) is 0 Å². The Balaban J connectivity index is 2.20. The molecule has 4 nitrogen and oxygen atoms in total. The Labute approximate surface area is 166 Å². The molecule has 0 aliphatic rings. The second kappa shape index (κ2) is 7.86. The van der Waals surface area contributed by atoms with Crippen LogP contribution in [0.15, 0.2) is 52.4 Å². The predicted molar refractivity (Wildman–Crippen MR) is 98.1 cm³/mol. The lowest BCUT2D eigenvalue weighted by atomic mass is 10.2. The molecule has 0 spiro atoms. The number of hydrogen-bond acceptors (Lipinski definition) is 3. The normalized spacial score (nSPS) is 11.6. The van der Waals surface area contributed by atoms with Gasteiger partial charge in [0.15, 0.2) is 5.69 Å². The van der Waals surface area contributed by atoms with Crippen LogP contribution < -0.4 is 4.90 Å². The van der Waals surface area contributed by atoms with Gasteiger partial charge < -0.3 is 0 Å². The van der Waals surface area contributed by atoms with Gasteiger partial charge in [-0.05, 0) is 31.2 Å². The van der Waals surface area contributed by atoms with E-state index in [0.29, 0.717) is 15.9 Å². The summed E-state index contributed by atoms with van der Waals surface area (Å²) in [5, 5.41) is 3.48. The number of carbonyl (C=O) groups is 1. The van der Waals surface area contributed by atoms with E-state index in [1.165, 1.54) is 7.05 Å². The fraction of sp³-hybridized carbons (Fsp3) is 0.158. The Morgan fingerprint density at radius 2 is 1.76 bits per heavy atom. The van der Waals surface area contributed by atoms with Crippen LogP contribution in [0.1, 0.15) is 11.3 Å². The van der Waals surface area contributed by atoms with E-state index in [-0.39, 0.29) is 11.4 Å². The molecule has 1 heterocycles. The first kappa shape index (κ1) is 20.8. The monoisotopic (exact) mass is 427 g/mol. The molecule has 10 heteroatoms. The van der Waals surface area contributed by atoms with Gasteiger partial charge in [0.05, 0.1) is 5.69 Å². The van der Waals surface area contributed by atoms with E-state index in [1.807, 2.05) is 6.92 Å². The number of hydrogen-bond donors (Lipinski definition) is 0. The number of rotatable bonds is 5. The lowest BCUT2D eigenvalue weighted by Gasteiger charge is -2.20. The van der Waals surface area contributed by atoms with Gasteiger partial charge in [-0.15, -0.1) is 0 Å². The number of nitrogens with zero attached hydrogens (tertiary/aromatic N) is 3. The average molecular weight is 427 g/mol. The van der Waals surface area contributed by atoms with E-state index in [4.69, 9.17) is 0 Å². The third kappa shape index (κ3) is 4.26. The lowest BCUT2D eigenvalue weighted by molar-refractivity contribution is -0.140. The SMILES string of the molecule is Cc1ccc(Sc2c(N(C=O)c3ccc(F)cc3F)c(C(F)(F)F)nn2C)cc1. The zero-order valence-corrected chi connectivity index (χ0v) is 16.0. The van der Waals surface area contributed by atoms with Crippen LogP contribution in [0, 0.1) is 18.6 Å². The van der Waals surface area contributed by atoms with Crippen molar-refractivity contribution in [2.24, 2.45) is 7.05 Å². The highest BCUT2D eigenvalue weighted by Gasteiger charge is 2.41. The molecule has 0 atom stereocenters. The second-order valence-electron chi connectivity index (χ2n) is 6.11. The van der Waals surface area contributed by atoms with Crippen molar-refractivity contribution >= 4 is 29.5 Å². The number of halogens is 5. The molecule has 2 aromatic carbocycles. The van der Waals surface area contributed by atoms with E-state index in [0.717, 1.165) is 34.1 Å². The summed E-state index contributed by atoms with van der Waals surface area (Å²) in [6.45, 7) is 1.86. The van der Waals surface area contributed by atoms with Crippen LogP contribution in [0.5, 0.6) is 0 Å². The minimum Gasteiger partial charge on any atom is -0.278 e. The summed E-state index contributed by atoms with van der Waals surface area (Å²) in [6.07, 6.45) is -4.86. The Morgan fingerprint density at radius 3 is 2.31 bits per heavy atom. The summed E-state index contributed by atoms with van der Waals surface area (Å²) in [7, 11) is 1.29. The summed E-state index contributed by atoms with van der Waals surface area (Å²) >= 11 is 0.937. The van der Waals surface area contributed by atoms with Crippen molar-refractivity contribution in [3.63, 3.8) is 0 Å². The summed E-state index contributed by atoms with van der Waals surface area (Å²) < 4.78 is 69.4. The van der Waals surface area contributed by atoms with Crippen LogP contribution in [0.4, 0.5) is 33.3 Å². The van der Waals surface area contributed by atoms with Crippen molar-refractivity contribution in [1.82, 2.24) is 9.78 Å². The average Bonchev–Trinajstić information content (AvgIpc) is 2.96. The molecule has 3 aromatic rings. The molecule has 0 fully saturated rings. The molecule has 3 rings (SSSR count). The second-order valence-corrected chi connectivity index (χ2v) is 7.17. The van der Waals surface area contributed by atoms with Gasteiger partial charge in [-0.2, -0.15) is 18.3 Å². The van der Waals surface area contributed by atoms with Gasteiger partial charge in [0.1, 0.15) is 22.3 Å². The molecule has 1 aromatic heterocycles. The van der Waals surface area contributed by atoms with Gasteiger partial charge in [-0.25, -0.2) is 8.78 Å². The molecule has 0 aliphatic heterocycles. The van der Waals surface area contributed by atoms with Gasteiger partial charge in [0.25, 0.3) is 0 Å². The Hall–Kier alpha value is -2.88. The molecular weight excluding hydrogens is 413 g/mol. The van der Waals surface area contributed by atoms with Crippen LogP contribution in [0.3, 0.4) is 0 Å². The minimum atomic E-state index is -4.91. The standard InChI is InChI=1S/C19H14F5N3OS/c1-11-3-6-13(7-4-11)29-18-16(17(19(22,23)24)25-26(18)2)27(10-28)15-8-5-12(20)9-14(15)21/h3-10H,1-2H3. The molecule has 29 heavy (non-hydrogen) atoms. The quantitative estimate of drug-likeness (QED) is 0.400. The Morgan fingerprint density at radius 1 is 1.10 bits per heavy atom. The first-order chi connectivity index (χ1) is 13.6. The van der Waals surface area contributed by atoms with E-state index in [1.54, 1.807) is 24.3 Å². The van der Waals surface area contributed by atoms with E-state index in [9.17, 15) is 26.7 Å².